The maximum atomic E-state index is 12.0. The molecule has 11 heteroatoms. The first-order chi connectivity index (χ1) is 16.2. The molecule has 0 unspecified atom stereocenters. The second-order valence-corrected chi connectivity index (χ2v) is 9.37. The van der Waals surface area contributed by atoms with E-state index in [1.807, 2.05) is 0 Å². The molecule has 0 aliphatic heterocycles. The molecule has 0 aliphatic carbocycles. The molecule has 0 atom stereocenters. The van der Waals surface area contributed by atoms with Crippen LogP contribution in [0.15, 0.2) is 64.2 Å². The SMILES string of the molecule is O=C(CC(=O)Nc1ccc(Cl)c(Cl)c1)NN=Cc1ccc(OCc2ccc(Cl)cc2Cl)c(Br)c1. The van der Waals surface area contributed by atoms with Gasteiger partial charge in [0.25, 0.3) is 0 Å². The molecule has 3 aromatic carbocycles. The normalized spacial score (nSPS) is 10.9. The number of rotatable bonds is 8. The zero-order valence-corrected chi connectivity index (χ0v) is 21.9. The Morgan fingerprint density at radius 1 is 0.912 bits per heavy atom. The van der Waals surface area contributed by atoms with Crippen LogP contribution in [0.3, 0.4) is 0 Å². The standard InChI is InChI=1S/C23H16BrCl4N3O3/c24-17-7-13(1-6-21(17)34-12-14-2-3-15(25)8-19(14)27)11-29-31-23(33)10-22(32)30-16-4-5-18(26)20(28)9-16/h1-9,11H,10,12H2,(H,30,32)(H,31,33). The van der Waals surface area contributed by atoms with E-state index in [-0.39, 0.29) is 6.61 Å². The number of hydrogen-bond donors (Lipinski definition) is 2. The van der Waals surface area contributed by atoms with Gasteiger partial charge in [0.15, 0.2) is 0 Å². The highest BCUT2D eigenvalue weighted by Gasteiger charge is 2.10. The van der Waals surface area contributed by atoms with Crippen molar-refractivity contribution in [3.05, 3.63) is 90.3 Å². The molecular formula is C23H16BrCl4N3O3. The number of amides is 2. The number of hydrogen-bond acceptors (Lipinski definition) is 4. The van der Waals surface area contributed by atoms with Crippen LogP contribution in [-0.2, 0) is 16.2 Å². The summed E-state index contributed by atoms with van der Waals surface area (Å²) in [7, 11) is 0. The Labute approximate surface area is 224 Å². The zero-order valence-electron chi connectivity index (χ0n) is 17.2. The summed E-state index contributed by atoms with van der Waals surface area (Å²) < 4.78 is 6.49. The summed E-state index contributed by atoms with van der Waals surface area (Å²) in [4.78, 5) is 24.0. The highest BCUT2D eigenvalue weighted by atomic mass is 79.9. The van der Waals surface area contributed by atoms with Crippen molar-refractivity contribution in [3.8, 4) is 5.75 Å². The van der Waals surface area contributed by atoms with Crippen LogP contribution >= 0.6 is 62.3 Å². The van der Waals surface area contributed by atoms with Gasteiger partial charge in [0.2, 0.25) is 11.8 Å². The van der Waals surface area contributed by atoms with Crippen molar-refractivity contribution in [2.75, 3.05) is 5.32 Å². The number of nitrogens with one attached hydrogen (secondary N) is 2. The molecule has 34 heavy (non-hydrogen) atoms. The van der Waals surface area contributed by atoms with Gasteiger partial charge in [-0.2, -0.15) is 5.10 Å². The largest absolute Gasteiger partial charge is 0.488 e. The monoisotopic (exact) mass is 601 g/mol. The maximum Gasteiger partial charge on any atom is 0.249 e. The fraction of sp³-hybridized carbons (Fsp3) is 0.0870. The van der Waals surface area contributed by atoms with Gasteiger partial charge in [-0.3, -0.25) is 9.59 Å². The minimum absolute atomic E-state index is 0.266. The molecule has 2 amide bonds. The van der Waals surface area contributed by atoms with Crippen LogP contribution in [0, 0.1) is 0 Å². The number of carbonyl (C=O) groups excluding carboxylic acids is 2. The third-order valence-corrected chi connectivity index (χ3v) is 6.23. The minimum atomic E-state index is -0.576. The number of carbonyl (C=O) groups is 2. The smallest absolute Gasteiger partial charge is 0.249 e. The lowest BCUT2D eigenvalue weighted by Crippen LogP contribution is -2.24. The van der Waals surface area contributed by atoms with Gasteiger partial charge in [-0.15, -0.1) is 0 Å². The Kier molecular flexibility index (Phi) is 9.62. The van der Waals surface area contributed by atoms with Crippen LogP contribution in [0.4, 0.5) is 5.69 Å². The van der Waals surface area contributed by atoms with Gasteiger partial charge < -0.3 is 10.1 Å². The Balaban J connectivity index is 1.49. The van der Waals surface area contributed by atoms with E-state index in [0.717, 1.165) is 5.56 Å². The Morgan fingerprint density at radius 2 is 1.71 bits per heavy atom. The maximum absolute atomic E-state index is 12.0. The predicted octanol–water partition coefficient (Wildman–Crippen LogP) is 7.12. The zero-order chi connectivity index (χ0) is 24.7. The van der Waals surface area contributed by atoms with Crippen molar-refractivity contribution in [2.24, 2.45) is 5.10 Å². The minimum Gasteiger partial charge on any atom is -0.488 e. The predicted molar refractivity (Wildman–Crippen MR) is 140 cm³/mol. The van der Waals surface area contributed by atoms with Crippen LogP contribution in [-0.4, -0.2) is 18.0 Å². The fourth-order valence-corrected chi connectivity index (χ4v) is 3.92. The molecule has 0 saturated carbocycles. The first kappa shape index (κ1) is 26.3. The number of benzene rings is 3. The number of hydrazone groups is 1. The lowest BCUT2D eigenvalue weighted by atomic mass is 10.2. The third-order valence-electron chi connectivity index (χ3n) is 4.28. The summed E-state index contributed by atoms with van der Waals surface area (Å²) >= 11 is 27.3. The number of nitrogens with zero attached hydrogens (tertiary/aromatic N) is 1. The molecule has 6 nitrogen and oxygen atoms in total. The van der Waals surface area contributed by atoms with E-state index < -0.39 is 18.2 Å². The molecule has 3 aromatic rings. The molecule has 0 radical (unpaired) electrons. The van der Waals surface area contributed by atoms with Crippen LogP contribution in [0.5, 0.6) is 5.75 Å². The van der Waals surface area contributed by atoms with E-state index in [4.69, 9.17) is 51.1 Å². The molecule has 0 saturated heterocycles. The average Bonchev–Trinajstić information content (AvgIpc) is 2.76. The summed E-state index contributed by atoms with van der Waals surface area (Å²) in [5.74, 6) is -0.491. The molecule has 0 bridgehead atoms. The van der Waals surface area contributed by atoms with E-state index >= 15 is 0 Å². The van der Waals surface area contributed by atoms with Gasteiger partial charge in [0, 0.05) is 21.3 Å². The summed E-state index contributed by atoms with van der Waals surface area (Å²) in [6, 6.07) is 15.1. The quantitative estimate of drug-likeness (QED) is 0.163. The van der Waals surface area contributed by atoms with Gasteiger partial charge in [-0.05, 0) is 70.0 Å². The van der Waals surface area contributed by atoms with Crippen LogP contribution in [0.25, 0.3) is 0 Å². The molecule has 3 rings (SSSR count). The van der Waals surface area contributed by atoms with E-state index in [1.165, 1.54) is 12.3 Å². The van der Waals surface area contributed by atoms with Crippen LogP contribution < -0.4 is 15.5 Å². The van der Waals surface area contributed by atoms with Crippen molar-refractivity contribution >= 4 is 86.1 Å². The molecular weight excluding hydrogens is 588 g/mol. The van der Waals surface area contributed by atoms with Gasteiger partial charge >= 0.3 is 0 Å². The van der Waals surface area contributed by atoms with Crippen molar-refractivity contribution in [1.82, 2.24) is 5.43 Å². The summed E-state index contributed by atoms with van der Waals surface area (Å²) in [5.41, 5.74) is 4.24. The number of halogens is 5. The third kappa shape index (κ3) is 7.89. The highest BCUT2D eigenvalue weighted by Crippen LogP contribution is 2.28. The number of ether oxygens (including phenoxy) is 1. The Hall–Kier alpha value is -2.29. The molecule has 176 valence electrons. The van der Waals surface area contributed by atoms with Gasteiger partial charge in [-0.25, -0.2) is 5.43 Å². The van der Waals surface area contributed by atoms with E-state index in [0.29, 0.717) is 41.6 Å². The van der Waals surface area contributed by atoms with Gasteiger partial charge in [0.1, 0.15) is 18.8 Å². The topological polar surface area (TPSA) is 79.8 Å². The van der Waals surface area contributed by atoms with Gasteiger partial charge in [-0.1, -0.05) is 52.5 Å². The molecule has 0 fully saturated rings. The summed E-state index contributed by atoms with van der Waals surface area (Å²) in [6.07, 6.45) is 1.03. The Bertz CT molecular complexity index is 1250. The van der Waals surface area contributed by atoms with Gasteiger partial charge in [0.05, 0.1) is 20.7 Å². The average molecular weight is 604 g/mol. The lowest BCUT2D eigenvalue weighted by Gasteiger charge is -2.10. The van der Waals surface area contributed by atoms with Crippen molar-refractivity contribution < 1.29 is 14.3 Å². The first-order valence-electron chi connectivity index (χ1n) is 9.64. The molecule has 2 N–H and O–H groups in total. The van der Waals surface area contributed by atoms with E-state index in [1.54, 1.807) is 48.5 Å². The Morgan fingerprint density at radius 3 is 2.41 bits per heavy atom. The van der Waals surface area contributed by atoms with E-state index in [2.05, 4.69) is 31.8 Å². The van der Waals surface area contributed by atoms with Crippen LogP contribution in [0.1, 0.15) is 17.5 Å². The van der Waals surface area contributed by atoms with Crippen molar-refractivity contribution in [1.29, 1.82) is 0 Å². The molecule has 0 heterocycles. The van der Waals surface area contributed by atoms with Crippen molar-refractivity contribution in [2.45, 2.75) is 13.0 Å². The first-order valence-corrected chi connectivity index (χ1v) is 11.9. The molecule has 0 aromatic heterocycles. The lowest BCUT2D eigenvalue weighted by molar-refractivity contribution is -0.126. The summed E-state index contributed by atoms with van der Waals surface area (Å²) in [5, 5.41) is 8.18. The number of anilines is 1. The molecule has 0 aliphatic rings. The van der Waals surface area contributed by atoms with Crippen LogP contribution in [0.2, 0.25) is 20.1 Å². The summed E-state index contributed by atoms with van der Waals surface area (Å²) in [6.45, 7) is 0.266. The second kappa shape index (κ2) is 12.4. The second-order valence-electron chi connectivity index (χ2n) is 6.86. The molecule has 0 spiro atoms. The van der Waals surface area contributed by atoms with Crippen molar-refractivity contribution in [3.63, 3.8) is 0 Å². The highest BCUT2D eigenvalue weighted by molar-refractivity contribution is 9.10. The fourth-order valence-electron chi connectivity index (χ4n) is 2.65. The van der Waals surface area contributed by atoms with E-state index in [9.17, 15) is 9.59 Å².